The normalized spacial score (nSPS) is 22.3. The average molecular weight is 520 g/mol. The minimum absolute atomic E-state index is 0.0175. The molecule has 1 aliphatic heterocycles. The van der Waals surface area contributed by atoms with Crippen molar-refractivity contribution >= 4 is 46.6 Å². The molecule has 0 bridgehead atoms. The number of hydrazone groups is 1. The number of carbonyl (C=O) groups excluding carboxylic acids is 1. The zero-order chi connectivity index (χ0) is 25.4. The van der Waals surface area contributed by atoms with Gasteiger partial charge in [-0.1, -0.05) is 60.5 Å². The first-order valence-corrected chi connectivity index (χ1v) is 12.4. The van der Waals surface area contributed by atoms with Gasteiger partial charge in [-0.05, 0) is 71.9 Å². The second kappa shape index (κ2) is 9.88. The van der Waals surface area contributed by atoms with Crippen LogP contribution < -0.4 is 0 Å². The van der Waals surface area contributed by atoms with Gasteiger partial charge in [-0.25, -0.2) is 5.01 Å². The molecule has 1 aliphatic carbocycles. The van der Waals surface area contributed by atoms with Crippen molar-refractivity contribution in [2.24, 2.45) is 16.9 Å². The lowest BCUT2D eigenvalue weighted by atomic mass is 9.73. The highest BCUT2D eigenvalue weighted by Gasteiger charge is 2.45. The fourth-order valence-corrected chi connectivity index (χ4v) is 5.35. The van der Waals surface area contributed by atoms with Crippen LogP contribution in [0.25, 0.3) is 6.08 Å². The van der Waals surface area contributed by atoms with Crippen LogP contribution in [0.2, 0.25) is 10.0 Å². The van der Waals surface area contributed by atoms with E-state index in [1.54, 1.807) is 6.07 Å². The van der Waals surface area contributed by atoms with E-state index in [0.29, 0.717) is 16.0 Å². The Balaban J connectivity index is 1.60. The summed E-state index contributed by atoms with van der Waals surface area (Å²) in [6.45, 7) is 2.20. The van der Waals surface area contributed by atoms with E-state index in [9.17, 15) is 14.9 Å². The summed E-state index contributed by atoms with van der Waals surface area (Å²) < 4.78 is 0. The molecule has 0 aromatic heterocycles. The van der Waals surface area contributed by atoms with E-state index in [1.807, 2.05) is 48.5 Å². The van der Waals surface area contributed by atoms with Crippen LogP contribution in [0.3, 0.4) is 0 Å². The Morgan fingerprint density at radius 2 is 1.72 bits per heavy atom. The molecular weight excluding hydrogens is 497 g/mol. The molecule has 3 atom stereocenters. The van der Waals surface area contributed by atoms with Crippen molar-refractivity contribution in [3.05, 3.63) is 115 Å². The second-order valence-electron chi connectivity index (χ2n) is 9.31. The lowest BCUT2D eigenvalue weighted by Crippen LogP contribution is -2.33. The molecule has 3 aromatic carbocycles. The quantitative estimate of drug-likeness (QED) is 0.263. The molecule has 3 aromatic rings. The highest BCUT2D eigenvalue weighted by atomic mass is 35.5. The van der Waals surface area contributed by atoms with Crippen LogP contribution in [0.4, 0.5) is 5.69 Å². The van der Waals surface area contributed by atoms with Crippen LogP contribution in [-0.4, -0.2) is 21.6 Å². The van der Waals surface area contributed by atoms with E-state index in [-0.39, 0.29) is 29.1 Å². The third-order valence-corrected chi connectivity index (χ3v) is 7.20. The van der Waals surface area contributed by atoms with E-state index in [4.69, 9.17) is 28.3 Å². The Bertz CT molecular complexity index is 1380. The molecule has 0 radical (unpaired) electrons. The average Bonchev–Trinajstić information content (AvgIpc) is 3.25. The van der Waals surface area contributed by atoms with Crippen molar-refractivity contribution in [2.75, 3.05) is 0 Å². The number of hydrogen-bond acceptors (Lipinski definition) is 4. The zero-order valence-corrected chi connectivity index (χ0v) is 21.0. The van der Waals surface area contributed by atoms with Crippen molar-refractivity contribution in [3.63, 3.8) is 0 Å². The molecule has 1 heterocycles. The van der Waals surface area contributed by atoms with E-state index >= 15 is 0 Å². The van der Waals surface area contributed by atoms with E-state index < -0.39 is 4.92 Å². The molecule has 5 rings (SSSR count). The van der Waals surface area contributed by atoms with Crippen molar-refractivity contribution in [1.29, 1.82) is 0 Å². The Morgan fingerprint density at radius 1 is 1.06 bits per heavy atom. The Labute approximate surface area is 219 Å². The van der Waals surface area contributed by atoms with Crippen molar-refractivity contribution in [3.8, 4) is 0 Å². The van der Waals surface area contributed by atoms with Gasteiger partial charge in [0.2, 0.25) is 0 Å². The Hall–Kier alpha value is -3.48. The van der Waals surface area contributed by atoms with Gasteiger partial charge >= 0.3 is 0 Å². The fourth-order valence-electron chi connectivity index (χ4n) is 5.10. The number of rotatable bonds is 4. The molecule has 0 unspecified atom stereocenters. The predicted octanol–water partition coefficient (Wildman–Crippen LogP) is 7.58. The zero-order valence-electron chi connectivity index (χ0n) is 19.5. The molecule has 1 amide bonds. The van der Waals surface area contributed by atoms with Gasteiger partial charge in [0.1, 0.15) is 0 Å². The van der Waals surface area contributed by atoms with Gasteiger partial charge in [0.05, 0.1) is 16.7 Å². The maximum atomic E-state index is 13.7. The van der Waals surface area contributed by atoms with E-state index in [1.165, 1.54) is 23.2 Å². The first-order valence-electron chi connectivity index (χ1n) is 11.7. The number of hydrogen-bond donors (Lipinski definition) is 0. The molecule has 0 spiro atoms. The smallest absolute Gasteiger partial charge is 0.267 e. The van der Waals surface area contributed by atoms with Crippen molar-refractivity contribution in [1.82, 2.24) is 5.01 Å². The summed E-state index contributed by atoms with van der Waals surface area (Å²) in [5, 5.41) is 19.0. The van der Waals surface area contributed by atoms with Crippen LogP contribution in [0, 0.1) is 22.0 Å². The van der Waals surface area contributed by atoms with Crippen LogP contribution in [-0.2, 0) is 0 Å². The number of allylic oxidation sites excluding steroid dienone is 1. The molecule has 182 valence electrons. The van der Waals surface area contributed by atoms with Crippen molar-refractivity contribution < 1.29 is 9.72 Å². The van der Waals surface area contributed by atoms with Crippen LogP contribution in [0.1, 0.15) is 47.3 Å². The molecule has 36 heavy (non-hydrogen) atoms. The number of nitro benzene ring substituents is 1. The fraction of sp³-hybridized carbons (Fsp3) is 0.214. The summed E-state index contributed by atoms with van der Waals surface area (Å²) in [5.74, 6) is -0.00895. The van der Waals surface area contributed by atoms with Crippen molar-refractivity contribution in [2.45, 2.75) is 25.8 Å². The van der Waals surface area contributed by atoms with Gasteiger partial charge in [0, 0.05) is 33.7 Å². The first-order chi connectivity index (χ1) is 17.3. The number of non-ortho nitro benzene ring substituents is 1. The molecule has 1 saturated carbocycles. The monoisotopic (exact) mass is 519 g/mol. The molecule has 2 aliphatic rings. The summed E-state index contributed by atoms with van der Waals surface area (Å²) in [4.78, 5) is 24.6. The highest BCUT2D eigenvalue weighted by Crippen LogP contribution is 2.46. The molecule has 6 nitrogen and oxygen atoms in total. The molecule has 0 saturated heterocycles. The summed E-state index contributed by atoms with van der Waals surface area (Å²) in [6, 6.07) is 20.5. The number of fused-ring (bicyclic) bond motifs is 1. The molecule has 0 N–H and O–H groups in total. The topological polar surface area (TPSA) is 75.8 Å². The standard InChI is InChI=1S/C28H23Cl2N3O3/c1-17-13-21(15-18-5-9-22(29)10-6-18)26-25(14-17)27(19-7-11-23(30)12-8-19)32(31-26)28(34)20-3-2-4-24(16-20)33(35)36/h2-12,15-17,25,27H,13-14H2,1H3/b21-15+/t17-,25-,27+/m1/s1. The maximum Gasteiger partial charge on any atom is 0.274 e. The number of nitrogens with zero attached hydrogens (tertiary/aromatic N) is 3. The van der Waals surface area contributed by atoms with Gasteiger partial charge in [-0.15, -0.1) is 0 Å². The Morgan fingerprint density at radius 3 is 2.39 bits per heavy atom. The van der Waals surface area contributed by atoms with Crippen LogP contribution in [0.15, 0.2) is 83.5 Å². The van der Waals surface area contributed by atoms with E-state index in [2.05, 4.69) is 13.0 Å². The third kappa shape index (κ3) is 4.79. The predicted molar refractivity (Wildman–Crippen MR) is 142 cm³/mol. The Kier molecular flexibility index (Phi) is 6.65. The lowest BCUT2D eigenvalue weighted by molar-refractivity contribution is -0.384. The van der Waals surface area contributed by atoms with Gasteiger partial charge in [-0.3, -0.25) is 14.9 Å². The number of benzene rings is 3. The third-order valence-electron chi connectivity index (χ3n) is 6.70. The molecule has 1 fully saturated rings. The summed E-state index contributed by atoms with van der Waals surface area (Å²) in [7, 11) is 0. The van der Waals surface area contributed by atoms with Gasteiger partial charge < -0.3 is 0 Å². The van der Waals surface area contributed by atoms with Gasteiger partial charge in [-0.2, -0.15) is 5.10 Å². The van der Waals surface area contributed by atoms with Crippen LogP contribution >= 0.6 is 23.2 Å². The minimum Gasteiger partial charge on any atom is -0.267 e. The van der Waals surface area contributed by atoms with Crippen LogP contribution in [0.5, 0.6) is 0 Å². The first kappa shape index (κ1) is 24.2. The SMILES string of the molecule is C[C@@H]1C/C(=C\c2ccc(Cl)cc2)C2=NN(C(=O)c3cccc([N+](=O)[O-])c3)[C@@H](c3ccc(Cl)cc3)[C@@H]2C1. The number of nitro groups is 1. The largest absolute Gasteiger partial charge is 0.274 e. The summed E-state index contributed by atoms with van der Waals surface area (Å²) >= 11 is 12.2. The van der Waals surface area contributed by atoms with Gasteiger partial charge in [0.25, 0.3) is 11.6 Å². The minimum atomic E-state index is -0.502. The summed E-state index contributed by atoms with van der Waals surface area (Å²) in [6.07, 6.45) is 3.81. The number of carbonyl (C=O) groups is 1. The lowest BCUT2D eigenvalue weighted by Gasteiger charge is -2.32. The molecule has 8 heteroatoms. The molecular formula is C28H23Cl2N3O3. The van der Waals surface area contributed by atoms with E-state index in [0.717, 1.165) is 35.3 Å². The van der Waals surface area contributed by atoms with Gasteiger partial charge in [0.15, 0.2) is 0 Å². The summed E-state index contributed by atoms with van der Waals surface area (Å²) in [5.41, 5.74) is 3.97. The highest BCUT2D eigenvalue weighted by molar-refractivity contribution is 6.30. The second-order valence-corrected chi connectivity index (χ2v) is 10.2. The number of amides is 1. The number of halogens is 2. The maximum absolute atomic E-state index is 13.7.